The fourth-order valence-corrected chi connectivity index (χ4v) is 7.46. The van der Waals surface area contributed by atoms with E-state index in [1.54, 1.807) is 14.0 Å². The van der Waals surface area contributed by atoms with E-state index >= 15 is 0 Å². The van der Waals surface area contributed by atoms with Crippen molar-refractivity contribution < 1.29 is 29.0 Å². The van der Waals surface area contributed by atoms with Crippen molar-refractivity contribution in [3.8, 4) is 11.3 Å². The van der Waals surface area contributed by atoms with Gasteiger partial charge in [-0.25, -0.2) is 4.79 Å². The van der Waals surface area contributed by atoms with Crippen molar-refractivity contribution in [1.29, 1.82) is 0 Å². The highest BCUT2D eigenvalue weighted by Gasteiger charge is 2.55. The topological polar surface area (TPSA) is 162 Å². The molecule has 0 unspecified atom stereocenters. The van der Waals surface area contributed by atoms with Crippen LogP contribution in [-0.2, 0) is 25.6 Å². The molecule has 9 atom stereocenters. The number of methoxy groups -OCH3 is 1. The van der Waals surface area contributed by atoms with Gasteiger partial charge in [0, 0.05) is 43.4 Å². The maximum Gasteiger partial charge on any atom is 0.410 e. The van der Waals surface area contributed by atoms with E-state index in [0.29, 0.717) is 31.7 Å². The number of nitrogens with one attached hydrogen (secondary N) is 1. The summed E-state index contributed by atoms with van der Waals surface area (Å²) in [5.41, 5.74) is 6.69. The van der Waals surface area contributed by atoms with Crippen molar-refractivity contribution in [3.63, 3.8) is 0 Å². The number of amides is 1. The van der Waals surface area contributed by atoms with Gasteiger partial charge in [0.05, 0.1) is 25.7 Å². The Balaban J connectivity index is 1.65. The van der Waals surface area contributed by atoms with Crippen molar-refractivity contribution >= 4 is 31.4 Å². The first-order chi connectivity index (χ1) is 24.0. The molecular weight excluding hydrogens is 647 g/mol. The molecule has 2 radical (unpaired) electrons. The number of Topliss-reactive ketones (excluding diaryl/α,β-unsaturated/α-hetero) is 1. The number of ether oxygens (including phenoxy) is 2. The molecule has 280 valence electrons. The molecule has 1 aromatic heterocycles. The molecule has 3 rings (SSSR count). The molecular formula is C38H59BN6O6. The number of nitrogen functional groups attached to an aromatic ring is 1. The molecule has 1 aliphatic rings. The van der Waals surface area contributed by atoms with Gasteiger partial charge in [0.2, 0.25) is 0 Å². The van der Waals surface area contributed by atoms with Crippen LogP contribution in [0, 0.1) is 23.7 Å². The number of benzene rings is 1. The van der Waals surface area contributed by atoms with Crippen LogP contribution in [-0.4, -0.2) is 94.2 Å². The third-order valence-electron chi connectivity index (χ3n) is 11.0. The summed E-state index contributed by atoms with van der Waals surface area (Å²) in [5, 5.41) is 21.9. The van der Waals surface area contributed by atoms with Gasteiger partial charge in [-0.1, -0.05) is 51.1 Å². The Morgan fingerprint density at radius 1 is 1.25 bits per heavy atom. The van der Waals surface area contributed by atoms with Gasteiger partial charge in [-0.3, -0.25) is 19.2 Å². The van der Waals surface area contributed by atoms with E-state index in [1.165, 1.54) is 6.08 Å². The number of aliphatic carboxylic acids is 1. The molecule has 13 heteroatoms. The molecule has 0 saturated carbocycles. The quantitative estimate of drug-likeness (QED) is 0.0450. The van der Waals surface area contributed by atoms with Gasteiger partial charge in [0.1, 0.15) is 23.0 Å². The minimum atomic E-state index is -1.20. The SMILES string of the molecule is [B][C@H]([C@@H](C)C(=O)[C@@H](CC=C)C(=O)O)[C@@](C)(C[C@@H](C)CN[C@H](C)[C@H]1N(CCCCn2cc(-c3cccc(N)c3)nn2)C(=O)O[C@]1(C)[C@H](C)CC)OC. The number of unbranched alkanes of at least 4 members (excludes halogenated alkanes) is 1. The van der Waals surface area contributed by atoms with Gasteiger partial charge >= 0.3 is 12.1 Å². The van der Waals surface area contributed by atoms with E-state index in [-0.39, 0.29) is 36.4 Å². The molecule has 4 N–H and O–H groups in total. The highest BCUT2D eigenvalue weighted by molar-refractivity contribution is 6.15. The van der Waals surface area contributed by atoms with Crippen LogP contribution >= 0.6 is 0 Å². The van der Waals surface area contributed by atoms with Crippen LogP contribution in [0.2, 0.25) is 5.82 Å². The van der Waals surface area contributed by atoms with Gasteiger partial charge in [0.25, 0.3) is 0 Å². The standard InChI is InChI=1S/C38H59BN6O6/c1-10-15-30(35(47)48)32(46)26(5)33(39)37(7,50-9)21-24(3)22-41-27(6)34-38(8,25(4)11-2)51-36(49)45(34)19-13-12-18-44-23-31(42-43-44)28-16-14-17-29(40)20-28/h10,14,16-17,20,23-27,30,33-34,41H,1,11-13,15,18-19,21-22,40H2,2-9H3,(H,47,48)/t24-,25-,26+,27-,30-,33-,34-,37-,38-/m1/s1. The number of nitrogens with zero attached hydrogens (tertiary/aromatic N) is 4. The molecule has 1 aromatic carbocycles. The van der Waals surface area contributed by atoms with Gasteiger partial charge < -0.3 is 25.6 Å². The predicted molar refractivity (Wildman–Crippen MR) is 200 cm³/mol. The molecule has 1 saturated heterocycles. The minimum absolute atomic E-state index is 0.0424. The van der Waals surface area contributed by atoms with E-state index in [1.807, 2.05) is 53.9 Å². The molecule has 12 nitrogen and oxygen atoms in total. The molecule has 1 amide bonds. The zero-order valence-electron chi connectivity index (χ0n) is 31.8. The number of carboxylic acids is 1. The second-order valence-electron chi connectivity index (χ2n) is 14.9. The third-order valence-corrected chi connectivity index (χ3v) is 11.0. The summed E-state index contributed by atoms with van der Waals surface area (Å²) >= 11 is 0. The number of aromatic nitrogens is 3. The van der Waals surface area contributed by atoms with Crippen molar-refractivity contribution in [2.75, 3.05) is 25.9 Å². The van der Waals surface area contributed by atoms with Gasteiger partial charge in [0.15, 0.2) is 0 Å². The summed E-state index contributed by atoms with van der Waals surface area (Å²) in [4.78, 5) is 40.2. The average molecular weight is 707 g/mol. The predicted octanol–water partition coefficient (Wildman–Crippen LogP) is 5.78. The number of hydrogen-bond donors (Lipinski definition) is 3. The summed E-state index contributed by atoms with van der Waals surface area (Å²) in [6.45, 7) is 19.4. The lowest BCUT2D eigenvalue weighted by molar-refractivity contribution is -0.148. The molecule has 0 bridgehead atoms. The van der Waals surface area contributed by atoms with E-state index in [0.717, 1.165) is 30.5 Å². The number of cyclic esters (lactones) is 1. The van der Waals surface area contributed by atoms with Crippen LogP contribution < -0.4 is 11.1 Å². The molecule has 2 heterocycles. The van der Waals surface area contributed by atoms with E-state index in [2.05, 4.69) is 49.9 Å². The normalized spacial score (nSPS) is 22.3. The Hall–Kier alpha value is -3.71. The van der Waals surface area contributed by atoms with Crippen LogP contribution in [0.4, 0.5) is 10.5 Å². The average Bonchev–Trinajstić information content (AvgIpc) is 3.68. The minimum Gasteiger partial charge on any atom is -0.481 e. The summed E-state index contributed by atoms with van der Waals surface area (Å²) in [5.74, 6) is -4.09. The van der Waals surface area contributed by atoms with Gasteiger partial charge in [-0.05, 0) is 89.2 Å². The maximum atomic E-state index is 13.4. The number of hydrogen-bond acceptors (Lipinski definition) is 9. The number of carbonyl (C=O) groups is 3. The molecule has 0 aliphatic carbocycles. The summed E-state index contributed by atoms with van der Waals surface area (Å²) in [6.07, 6.45) is 6.02. The van der Waals surface area contributed by atoms with Crippen LogP contribution in [0.1, 0.15) is 80.6 Å². The first kappa shape index (κ1) is 41.7. The lowest BCUT2D eigenvalue weighted by atomic mass is 9.62. The van der Waals surface area contributed by atoms with Crippen LogP contribution in [0.5, 0.6) is 0 Å². The number of aryl methyl sites for hydroxylation is 1. The Labute approximate surface area is 305 Å². The highest BCUT2D eigenvalue weighted by atomic mass is 16.6. The van der Waals surface area contributed by atoms with Gasteiger partial charge in [-0.2, -0.15) is 0 Å². The van der Waals surface area contributed by atoms with Crippen molar-refractivity contribution in [2.24, 2.45) is 23.7 Å². The molecule has 1 fully saturated rings. The lowest BCUT2D eigenvalue weighted by Gasteiger charge is -2.42. The zero-order valence-corrected chi connectivity index (χ0v) is 31.8. The summed E-state index contributed by atoms with van der Waals surface area (Å²) < 4.78 is 13.9. The summed E-state index contributed by atoms with van der Waals surface area (Å²) in [6, 6.07) is 7.23. The van der Waals surface area contributed by atoms with Crippen molar-refractivity contribution in [2.45, 2.75) is 116 Å². The number of anilines is 1. The zero-order chi connectivity index (χ0) is 38.1. The number of nitrogens with two attached hydrogens (primary N) is 1. The van der Waals surface area contributed by atoms with Crippen LogP contribution in [0.3, 0.4) is 0 Å². The number of ketones is 1. The second kappa shape index (κ2) is 18.2. The number of carboxylic acid groups (broad SMARTS) is 1. The highest BCUT2D eigenvalue weighted by Crippen LogP contribution is 2.40. The first-order valence-corrected chi connectivity index (χ1v) is 18.2. The summed E-state index contributed by atoms with van der Waals surface area (Å²) in [7, 11) is 8.20. The molecule has 2 aromatic rings. The van der Waals surface area contributed by atoms with E-state index in [4.69, 9.17) is 23.1 Å². The Morgan fingerprint density at radius 2 is 1.94 bits per heavy atom. The molecule has 0 spiro atoms. The Bertz CT molecular complexity index is 1490. The molecule has 1 aliphatic heterocycles. The second-order valence-corrected chi connectivity index (χ2v) is 14.9. The maximum absolute atomic E-state index is 13.4. The number of allylic oxidation sites excluding steroid dienone is 1. The fourth-order valence-electron chi connectivity index (χ4n) is 7.46. The monoisotopic (exact) mass is 706 g/mol. The van der Waals surface area contributed by atoms with Crippen LogP contribution in [0.15, 0.2) is 43.1 Å². The van der Waals surface area contributed by atoms with E-state index in [9.17, 15) is 19.5 Å². The Kier molecular flexibility index (Phi) is 14.9. The van der Waals surface area contributed by atoms with Gasteiger partial charge in [-0.15, -0.1) is 11.7 Å². The number of carbonyl (C=O) groups excluding carboxylic acids is 2. The third kappa shape index (κ3) is 10.0. The fraction of sp³-hybridized carbons (Fsp3) is 0.658. The Morgan fingerprint density at radius 3 is 2.55 bits per heavy atom. The van der Waals surface area contributed by atoms with Crippen LogP contribution in [0.25, 0.3) is 11.3 Å². The molecule has 51 heavy (non-hydrogen) atoms. The first-order valence-electron chi connectivity index (χ1n) is 18.2. The largest absolute Gasteiger partial charge is 0.481 e. The van der Waals surface area contributed by atoms with Crippen molar-refractivity contribution in [3.05, 3.63) is 43.1 Å². The smallest absolute Gasteiger partial charge is 0.410 e. The number of rotatable bonds is 22. The van der Waals surface area contributed by atoms with Crippen molar-refractivity contribution in [1.82, 2.24) is 25.2 Å². The van der Waals surface area contributed by atoms with E-state index < -0.39 is 40.6 Å². The lowest BCUT2D eigenvalue weighted by Crippen LogP contribution is -2.58.